The van der Waals surface area contributed by atoms with Crippen LogP contribution in [0.1, 0.15) is 55.5 Å². The number of fused-ring (bicyclic) bond motifs is 1. The predicted octanol–water partition coefficient (Wildman–Crippen LogP) is 5.14. The summed E-state index contributed by atoms with van der Waals surface area (Å²) in [6.07, 6.45) is 5.31. The maximum absolute atomic E-state index is 12.4. The number of unbranched alkanes of at least 4 members (excludes halogenated alkanes) is 3. The van der Waals surface area contributed by atoms with E-state index in [4.69, 9.17) is 4.74 Å². The fraction of sp³-hybridized carbons (Fsp3) is 0.421. The van der Waals surface area contributed by atoms with Crippen LogP contribution >= 0.6 is 0 Å². The van der Waals surface area contributed by atoms with Crippen molar-refractivity contribution >= 4 is 16.7 Å². The molecule has 0 aliphatic carbocycles. The lowest BCUT2D eigenvalue weighted by Crippen LogP contribution is -2.10. The van der Waals surface area contributed by atoms with Crippen molar-refractivity contribution in [2.45, 2.75) is 46.0 Å². The highest BCUT2D eigenvalue weighted by atomic mass is 16.5. The number of carbonyl (C=O) groups is 1. The van der Waals surface area contributed by atoms with Crippen molar-refractivity contribution in [1.29, 1.82) is 0 Å². The van der Waals surface area contributed by atoms with E-state index in [1.54, 1.807) is 0 Å². The lowest BCUT2D eigenvalue weighted by molar-refractivity contribution is 0.0499. The molecule has 0 unspecified atom stereocenters. The molecule has 0 spiro atoms. The zero-order chi connectivity index (χ0) is 15.1. The van der Waals surface area contributed by atoms with Gasteiger partial charge in [-0.2, -0.15) is 0 Å². The third-order valence-corrected chi connectivity index (χ3v) is 3.83. The first-order valence-electron chi connectivity index (χ1n) is 7.95. The molecule has 2 rings (SSSR count). The number of aryl methyl sites for hydroxylation is 1. The highest BCUT2D eigenvalue weighted by molar-refractivity contribution is 6.05. The Labute approximate surface area is 127 Å². The van der Waals surface area contributed by atoms with Crippen LogP contribution in [0.15, 0.2) is 36.4 Å². The summed E-state index contributed by atoms with van der Waals surface area (Å²) in [5.74, 6) is -0.180. The van der Waals surface area contributed by atoms with E-state index in [1.165, 1.54) is 12.8 Å². The second-order valence-electron chi connectivity index (χ2n) is 5.37. The molecule has 21 heavy (non-hydrogen) atoms. The maximum atomic E-state index is 12.4. The zero-order valence-corrected chi connectivity index (χ0v) is 13.0. The molecule has 0 saturated carbocycles. The minimum Gasteiger partial charge on any atom is -0.462 e. The average Bonchev–Trinajstić information content (AvgIpc) is 2.53. The molecule has 0 atom stereocenters. The monoisotopic (exact) mass is 284 g/mol. The van der Waals surface area contributed by atoms with Crippen molar-refractivity contribution in [3.63, 3.8) is 0 Å². The van der Waals surface area contributed by atoms with Gasteiger partial charge in [-0.15, -0.1) is 0 Å². The van der Waals surface area contributed by atoms with Gasteiger partial charge in [-0.05, 0) is 29.2 Å². The molecule has 0 aliphatic heterocycles. The van der Waals surface area contributed by atoms with Gasteiger partial charge in [-0.1, -0.05) is 69.5 Å². The summed E-state index contributed by atoms with van der Waals surface area (Å²) in [6, 6.07) is 12.1. The van der Waals surface area contributed by atoms with E-state index in [2.05, 4.69) is 19.9 Å². The summed E-state index contributed by atoms with van der Waals surface area (Å²) >= 11 is 0. The molecule has 0 aliphatic rings. The van der Waals surface area contributed by atoms with Gasteiger partial charge >= 0.3 is 5.97 Å². The normalized spacial score (nSPS) is 10.8. The Kier molecular flexibility index (Phi) is 5.79. The van der Waals surface area contributed by atoms with Crippen molar-refractivity contribution in [1.82, 2.24) is 0 Å². The molecule has 0 N–H and O–H groups in total. The van der Waals surface area contributed by atoms with Crippen molar-refractivity contribution in [2.24, 2.45) is 0 Å². The smallest absolute Gasteiger partial charge is 0.339 e. The molecule has 2 aromatic rings. The summed E-state index contributed by atoms with van der Waals surface area (Å²) in [6.45, 7) is 4.77. The van der Waals surface area contributed by atoms with Crippen LogP contribution < -0.4 is 0 Å². The van der Waals surface area contributed by atoms with E-state index in [0.717, 1.165) is 41.2 Å². The zero-order valence-electron chi connectivity index (χ0n) is 13.0. The van der Waals surface area contributed by atoms with Crippen LogP contribution in [0.2, 0.25) is 0 Å². The van der Waals surface area contributed by atoms with Gasteiger partial charge in [0.15, 0.2) is 0 Å². The molecule has 112 valence electrons. The molecular formula is C19H24O2. The van der Waals surface area contributed by atoms with Crippen LogP contribution in [0, 0.1) is 0 Å². The summed E-state index contributed by atoms with van der Waals surface area (Å²) in [5, 5.41) is 2.09. The van der Waals surface area contributed by atoms with Gasteiger partial charge in [0.1, 0.15) is 0 Å². The average molecular weight is 284 g/mol. The topological polar surface area (TPSA) is 26.3 Å². The van der Waals surface area contributed by atoms with Gasteiger partial charge in [-0.25, -0.2) is 4.79 Å². The van der Waals surface area contributed by atoms with E-state index in [-0.39, 0.29) is 5.97 Å². The Morgan fingerprint density at radius 2 is 1.81 bits per heavy atom. The Balaban J connectivity index is 2.17. The first-order chi connectivity index (χ1) is 10.3. The quantitative estimate of drug-likeness (QED) is 0.520. The van der Waals surface area contributed by atoms with Crippen LogP contribution in [0.25, 0.3) is 10.8 Å². The minimum absolute atomic E-state index is 0.180. The number of hydrogen-bond donors (Lipinski definition) is 0. The summed E-state index contributed by atoms with van der Waals surface area (Å²) in [4.78, 5) is 12.4. The first kappa shape index (κ1) is 15.6. The Morgan fingerprint density at radius 3 is 2.57 bits per heavy atom. The molecule has 0 aromatic heterocycles. The summed E-state index contributed by atoms with van der Waals surface area (Å²) in [5.41, 5.74) is 1.80. The van der Waals surface area contributed by atoms with Crippen molar-refractivity contribution in [3.05, 3.63) is 47.5 Å². The van der Waals surface area contributed by atoms with E-state index in [1.807, 2.05) is 30.3 Å². The van der Waals surface area contributed by atoms with Crippen molar-refractivity contribution < 1.29 is 9.53 Å². The molecule has 0 fully saturated rings. The highest BCUT2D eigenvalue weighted by Gasteiger charge is 2.15. The maximum Gasteiger partial charge on any atom is 0.339 e. The molecule has 0 heterocycles. The number of hydrogen-bond acceptors (Lipinski definition) is 2. The Bertz CT molecular complexity index is 602. The predicted molar refractivity (Wildman–Crippen MR) is 87.8 cm³/mol. The number of rotatable bonds is 7. The first-order valence-corrected chi connectivity index (χ1v) is 7.95. The number of esters is 1. The number of ether oxygens (including phenoxy) is 1. The van der Waals surface area contributed by atoms with Gasteiger partial charge in [0, 0.05) is 0 Å². The van der Waals surface area contributed by atoms with E-state index in [9.17, 15) is 4.79 Å². The van der Waals surface area contributed by atoms with E-state index >= 15 is 0 Å². The second-order valence-corrected chi connectivity index (χ2v) is 5.37. The lowest BCUT2D eigenvalue weighted by atomic mass is 9.97. The fourth-order valence-corrected chi connectivity index (χ4v) is 2.62. The SMILES string of the molecule is CCCCCCOC(=O)c1c(CC)ccc2ccccc12. The Hall–Kier alpha value is -1.83. The van der Waals surface area contributed by atoms with E-state index in [0.29, 0.717) is 6.61 Å². The summed E-state index contributed by atoms with van der Waals surface area (Å²) < 4.78 is 5.49. The largest absolute Gasteiger partial charge is 0.462 e. The van der Waals surface area contributed by atoms with Crippen LogP contribution in [-0.4, -0.2) is 12.6 Å². The fourth-order valence-electron chi connectivity index (χ4n) is 2.62. The summed E-state index contributed by atoms with van der Waals surface area (Å²) in [7, 11) is 0. The molecule has 2 nitrogen and oxygen atoms in total. The molecule has 2 heteroatoms. The molecule has 2 aromatic carbocycles. The van der Waals surface area contributed by atoms with Gasteiger partial charge in [-0.3, -0.25) is 0 Å². The van der Waals surface area contributed by atoms with Crippen molar-refractivity contribution in [3.8, 4) is 0 Å². The highest BCUT2D eigenvalue weighted by Crippen LogP contribution is 2.24. The number of benzene rings is 2. The third kappa shape index (κ3) is 3.84. The Morgan fingerprint density at radius 1 is 1.00 bits per heavy atom. The van der Waals surface area contributed by atoms with Gasteiger partial charge in [0.25, 0.3) is 0 Å². The number of carbonyl (C=O) groups excluding carboxylic acids is 1. The standard InChI is InChI=1S/C19H24O2/c1-3-5-6-9-14-21-19(20)18-15(4-2)12-13-16-10-7-8-11-17(16)18/h7-8,10-13H,3-6,9,14H2,1-2H3. The molecule has 0 bridgehead atoms. The van der Waals surface area contributed by atoms with Crippen LogP contribution in [0.3, 0.4) is 0 Å². The van der Waals surface area contributed by atoms with E-state index < -0.39 is 0 Å². The van der Waals surface area contributed by atoms with Crippen molar-refractivity contribution in [2.75, 3.05) is 6.61 Å². The molecule has 0 saturated heterocycles. The molecule has 0 radical (unpaired) electrons. The molecule has 0 amide bonds. The second kappa shape index (κ2) is 7.82. The molecular weight excluding hydrogens is 260 g/mol. The van der Waals surface area contributed by atoms with Crippen LogP contribution in [0.4, 0.5) is 0 Å². The van der Waals surface area contributed by atoms with Crippen LogP contribution in [-0.2, 0) is 11.2 Å². The van der Waals surface area contributed by atoms with Gasteiger partial charge in [0.2, 0.25) is 0 Å². The lowest BCUT2D eigenvalue weighted by Gasteiger charge is -2.11. The minimum atomic E-state index is -0.180. The van der Waals surface area contributed by atoms with Gasteiger partial charge < -0.3 is 4.74 Å². The third-order valence-electron chi connectivity index (χ3n) is 3.83. The van der Waals surface area contributed by atoms with Gasteiger partial charge in [0.05, 0.1) is 12.2 Å². The van der Waals surface area contributed by atoms with Crippen LogP contribution in [0.5, 0.6) is 0 Å².